The van der Waals surface area contributed by atoms with Gasteiger partial charge in [0.25, 0.3) is 0 Å². The number of rotatable bonds is 6. The highest BCUT2D eigenvalue weighted by atomic mass is 32.2. The first-order chi connectivity index (χ1) is 10.5. The van der Waals surface area contributed by atoms with Crippen molar-refractivity contribution in [3.63, 3.8) is 0 Å². The van der Waals surface area contributed by atoms with Crippen molar-refractivity contribution >= 4 is 10.0 Å². The van der Waals surface area contributed by atoms with E-state index in [1.165, 1.54) is 0 Å². The summed E-state index contributed by atoms with van der Waals surface area (Å²) in [5.74, 6) is 1.94. The number of hydrogen-bond donors (Lipinski definition) is 0. The van der Waals surface area contributed by atoms with Gasteiger partial charge in [-0.05, 0) is 25.2 Å². The number of hydrogen-bond acceptors (Lipinski definition) is 5. The van der Waals surface area contributed by atoms with E-state index in [9.17, 15) is 8.42 Å². The molecule has 1 saturated heterocycles. The monoisotopic (exact) mass is 327 g/mol. The Bertz CT molecular complexity index is 628. The quantitative estimate of drug-likeness (QED) is 0.800. The first kappa shape index (κ1) is 15.9. The first-order valence-corrected chi connectivity index (χ1v) is 9.93. The van der Waals surface area contributed by atoms with Crippen molar-refractivity contribution in [1.29, 1.82) is 0 Å². The van der Waals surface area contributed by atoms with Crippen LogP contribution in [0.25, 0.3) is 0 Å². The summed E-state index contributed by atoms with van der Waals surface area (Å²) >= 11 is 0. The number of nitrogens with zero attached hydrogens (tertiary/aromatic N) is 3. The van der Waals surface area contributed by atoms with E-state index in [1.54, 1.807) is 4.31 Å². The third kappa shape index (κ3) is 2.58. The summed E-state index contributed by atoms with van der Waals surface area (Å²) in [5, 5.41) is 4.17. The molecule has 1 aromatic rings. The molecule has 22 heavy (non-hydrogen) atoms. The van der Waals surface area contributed by atoms with Gasteiger partial charge in [-0.25, -0.2) is 12.7 Å². The Morgan fingerprint density at radius 2 is 2.23 bits per heavy atom. The summed E-state index contributed by atoms with van der Waals surface area (Å²) in [7, 11) is -3.16. The minimum Gasteiger partial charge on any atom is -0.339 e. The predicted molar refractivity (Wildman–Crippen MR) is 83.0 cm³/mol. The number of sulfonamides is 1. The van der Waals surface area contributed by atoms with Gasteiger partial charge in [0.05, 0.1) is 11.2 Å². The topological polar surface area (TPSA) is 76.3 Å². The van der Waals surface area contributed by atoms with Crippen LogP contribution in [0.1, 0.15) is 57.7 Å². The molecule has 2 fully saturated rings. The maximum Gasteiger partial charge on any atom is 0.226 e. The molecule has 124 valence electrons. The molecule has 0 amide bonds. The van der Waals surface area contributed by atoms with Crippen LogP contribution in [0, 0.1) is 5.92 Å². The van der Waals surface area contributed by atoms with Crippen LogP contribution in [0.3, 0.4) is 0 Å². The molecule has 2 heterocycles. The molecule has 0 unspecified atom stereocenters. The molecule has 0 aromatic carbocycles. The van der Waals surface area contributed by atoms with Gasteiger partial charge in [0.1, 0.15) is 0 Å². The summed E-state index contributed by atoms with van der Waals surface area (Å²) < 4.78 is 32.0. The van der Waals surface area contributed by atoms with E-state index < -0.39 is 10.0 Å². The van der Waals surface area contributed by atoms with E-state index >= 15 is 0 Å². The van der Waals surface area contributed by atoms with Crippen molar-refractivity contribution < 1.29 is 12.9 Å². The van der Waals surface area contributed by atoms with Crippen LogP contribution >= 0.6 is 0 Å². The number of fused-ring (bicyclic) bond motifs is 1. The van der Waals surface area contributed by atoms with Gasteiger partial charge < -0.3 is 4.52 Å². The number of aryl methyl sites for hydroxylation is 1. The SMILES string of the molecule is CCCCS(=O)(=O)N1C[C@H]2CCC[C@@]2(c2noc(CC)n2)C1. The van der Waals surface area contributed by atoms with Crippen LogP contribution in [0.5, 0.6) is 0 Å². The Morgan fingerprint density at radius 1 is 1.41 bits per heavy atom. The fourth-order valence-electron chi connectivity index (χ4n) is 3.88. The van der Waals surface area contributed by atoms with Crippen LogP contribution < -0.4 is 0 Å². The second-order valence-electron chi connectivity index (χ2n) is 6.57. The summed E-state index contributed by atoms with van der Waals surface area (Å²) in [6.07, 6.45) is 5.46. The van der Waals surface area contributed by atoms with E-state index in [1.807, 2.05) is 13.8 Å². The van der Waals surface area contributed by atoms with Crippen LogP contribution in [0.4, 0.5) is 0 Å². The molecule has 2 atom stereocenters. The molecule has 0 radical (unpaired) electrons. The van der Waals surface area contributed by atoms with Gasteiger partial charge in [-0.1, -0.05) is 31.8 Å². The van der Waals surface area contributed by atoms with Crippen molar-refractivity contribution in [1.82, 2.24) is 14.4 Å². The third-order valence-electron chi connectivity index (χ3n) is 5.20. The maximum absolute atomic E-state index is 12.5. The lowest BCUT2D eigenvalue weighted by Gasteiger charge is -2.24. The summed E-state index contributed by atoms with van der Waals surface area (Å²) in [6.45, 7) is 5.13. The Morgan fingerprint density at radius 3 is 2.91 bits per heavy atom. The molecule has 2 aliphatic rings. The molecule has 1 aromatic heterocycles. The highest BCUT2D eigenvalue weighted by Crippen LogP contribution is 2.50. The van der Waals surface area contributed by atoms with Gasteiger partial charge in [0.15, 0.2) is 5.82 Å². The zero-order valence-corrected chi connectivity index (χ0v) is 14.2. The van der Waals surface area contributed by atoms with Crippen molar-refractivity contribution in [2.75, 3.05) is 18.8 Å². The van der Waals surface area contributed by atoms with Gasteiger partial charge in [0.2, 0.25) is 15.9 Å². The molecule has 0 N–H and O–H groups in total. The Hall–Kier alpha value is -0.950. The third-order valence-corrected chi connectivity index (χ3v) is 7.07. The molecule has 1 aliphatic heterocycles. The molecule has 3 rings (SSSR count). The lowest BCUT2D eigenvalue weighted by atomic mass is 9.80. The average molecular weight is 327 g/mol. The van der Waals surface area contributed by atoms with Crippen LogP contribution in [-0.4, -0.2) is 41.7 Å². The molecule has 6 nitrogen and oxygen atoms in total. The van der Waals surface area contributed by atoms with Gasteiger partial charge in [0, 0.05) is 19.5 Å². The largest absolute Gasteiger partial charge is 0.339 e. The molecule has 1 saturated carbocycles. The highest BCUT2D eigenvalue weighted by molar-refractivity contribution is 7.89. The first-order valence-electron chi connectivity index (χ1n) is 8.32. The molecule has 0 bridgehead atoms. The predicted octanol–water partition coefficient (Wildman–Crippen LogP) is 2.12. The van der Waals surface area contributed by atoms with Gasteiger partial charge in [-0.3, -0.25) is 0 Å². The van der Waals surface area contributed by atoms with E-state index in [-0.39, 0.29) is 11.2 Å². The zero-order chi connectivity index (χ0) is 15.8. The fourth-order valence-corrected chi connectivity index (χ4v) is 5.62. The average Bonchev–Trinajstić information content (AvgIpc) is 3.17. The Kier molecular flexibility index (Phi) is 4.29. The van der Waals surface area contributed by atoms with E-state index in [2.05, 4.69) is 10.1 Å². The summed E-state index contributed by atoms with van der Waals surface area (Å²) in [4.78, 5) is 4.52. The van der Waals surface area contributed by atoms with Gasteiger partial charge in [-0.2, -0.15) is 4.98 Å². The lowest BCUT2D eigenvalue weighted by molar-refractivity contribution is 0.329. The second-order valence-corrected chi connectivity index (χ2v) is 8.66. The standard InChI is InChI=1S/C15H25N3O3S/c1-3-5-9-22(19,20)18-10-12-7-6-8-15(12,11-18)14-16-13(4-2)21-17-14/h12H,3-11H2,1-2H3/t12-,15-/m1/s1. The van der Waals surface area contributed by atoms with E-state index in [4.69, 9.17) is 4.52 Å². The maximum atomic E-state index is 12.5. The van der Waals surface area contributed by atoms with Crippen molar-refractivity contribution in [2.45, 2.75) is 57.8 Å². The van der Waals surface area contributed by atoms with E-state index in [0.29, 0.717) is 31.3 Å². The van der Waals surface area contributed by atoms with Crippen LogP contribution in [0.15, 0.2) is 4.52 Å². The molecule has 0 spiro atoms. The van der Waals surface area contributed by atoms with E-state index in [0.717, 1.165) is 37.9 Å². The van der Waals surface area contributed by atoms with Gasteiger partial charge in [-0.15, -0.1) is 0 Å². The zero-order valence-electron chi connectivity index (χ0n) is 13.4. The molecular weight excluding hydrogens is 302 g/mol. The molecule has 1 aliphatic carbocycles. The summed E-state index contributed by atoms with van der Waals surface area (Å²) in [5.41, 5.74) is -0.226. The minimum absolute atomic E-state index is 0.226. The van der Waals surface area contributed by atoms with Crippen molar-refractivity contribution in [3.05, 3.63) is 11.7 Å². The molecule has 7 heteroatoms. The minimum atomic E-state index is -3.16. The smallest absolute Gasteiger partial charge is 0.226 e. The van der Waals surface area contributed by atoms with Gasteiger partial charge >= 0.3 is 0 Å². The highest BCUT2D eigenvalue weighted by Gasteiger charge is 2.55. The van der Waals surface area contributed by atoms with Crippen LogP contribution in [-0.2, 0) is 21.9 Å². The fraction of sp³-hybridized carbons (Fsp3) is 0.867. The number of aromatic nitrogens is 2. The van der Waals surface area contributed by atoms with Crippen LogP contribution in [0.2, 0.25) is 0 Å². The summed E-state index contributed by atoms with van der Waals surface area (Å²) in [6, 6.07) is 0. The Labute approximate surface area is 132 Å². The van der Waals surface area contributed by atoms with Crippen molar-refractivity contribution in [3.8, 4) is 0 Å². The van der Waals surface area contributed by atoms with Crippen molar-refractivity contribution in [2.24, 2.45) is 5.92 Å². The molecular formula is C15H25N3O3S. The Balaban J connectivity index is 1.85. The normalized spacial score (nSPS) is 29.1. The lowest BCUT2D eigenvalue weighted by Crippen LogP contribution is -2.36. The number of unbranched alkanes of at least 4 members (excludes halogenated alkanes) is 1. The second kappa shape index (κ2) is 5.92.